The molecule has 0 unspecified atom stereocenters. The second-order valence-electron chi connectivity index (χ2n) is 4.05. The van der Waals surface area contributed by atoms with Gasteiger partial charge in [0, 0.05) is 5.69 Å². The highest BCUT2D eigenvalue weighted by Crippen LogP contribution is 2.18. The first kappa shape index (κ1) is 10.8. The van der Waals surface area contributed by atoms with Gasteiger partial charge in [0.2, 0.25) is 0 Å². The number of carbonyl (C=O) groups is 1. The molecule has 2 aromatic rings. The van der Waals surface area contributed by atoms with Gasteiger partial charge in [0.05, 0.1) is 6.54 Å². The van der Waals surface area contributed by atoms with E-state index in [2.05, 4.69) is 10.3 Å². The summed E-state index contributed by atoms with van der Waals surface area (Å²) in [6.45, 7) is 1.04. The molecule has 0 bridgehead atoms. The lowest BCUT2D eigenvalue weighted by Crippen LogP contribution is -2.22. The van der Waals surface area contributed by atoms with Crippen LogP contribution in [0.15, 0.2) is 47.5 Å². The molecule has 0 aromatic heterocycles. The molecule has 90 valence electrons. The molecule has 4 nitrogen and oxygen atoms in total. The van der Waals surface area contributed by atoms with Crippen molar-refractivity contribution in [3.8, 4) is 0 Å². The first-order chi connectivity index (χ1) is 8.83. The van der Waals surface area contributed by atoms with Gasteiger partial charge >= 0.3 is 5.91 Å². The van der Waals surface area contributed by atoms with Gasteiger partial charge in [0.25, 0.3) is 5.90 Å². The molecule has 1 heterocycles. The fraction of sp³-hybridized carbons (Fsp3) is 0.143. The number of fused-ring (bicyclic) bond motifs is 1. The van der Waals surface area contributed by atoms with Crippen molar-refractivity contribution in [3.05, 3.63) is 42.5 Å². The molecule has 0 saturated carbocycles. The van der Waals surface area contributed by atoms with E-state index in [1.807, 2.05) is 42.5 Å². The van der Waals surface area contributed by atoms with Gasteiger partial charge in [-0.25, -0.2) is 4.99 Å². The van der Waals surface area contributed by atoms with Crippen LogP contribution >= 0.6 is 0 Å². The summed E-state index contributed by atoms with van der Waals surface area (Å²) in [6.07, 6.45) is 0. The zero-order valence-electron chi connectivity index (χ0n) is 9.72. The lowest BCUT2D eigenvalue weighted by Gasteiger charge is -2.06. The van der Waals surface area contributed by atoms with Gasteiger partial charge in [-0.1, -0.05) is 30.3 Å². The quantitative estimate of drug-likeness (QED) is 0.874. The van der Waals surface area contributed by atoms with Crippen LogP contribution in [0.4, 0.5) is 5.69 Å². The highest BCUT2D eigenvalue weighted by Gasteiger charge is 2.16. The van der Waals surface area contributed by atoms with Crippen LogP contribution in [-0.2, 0) is 9.53 Å². The molecule has 0 radical (unpaired) electrons. The average Bonchev–Trinajstić information content (AvgIpc) is 2.92. The number of carbonyl (C=O) groups excluding carboxylic acids is 1. The third-order valence-corrected chi connectivity index (χ3v) is 2.79. The van der Waals surface area contributed by atoms with E-state index in [1.165, 1.54) is 0 Å². The minimum absolute atomic E-state index is 0.170. The summed E-state index contributed by atoms with van der Waals surface area (Å²) in [7, 11) is 0. The van der Waals surface area contributed by atoms with Gasteiger partial charge in [-0.15, -0.1) is 0 Å². The number of anilines is 1. The number of amides is 1. The molecule has 1 N–H and O–H groups in total. The van der Waals surface area contributed by atoms with Crippen molar-refractivity contribution >= 4 is 28.3 Å². The number of aliphatic imine (C=N–C) groups is 1. The van der Waals surface area contributed by atoms with Crippen LogP contribution in [0.2, 0.25) is 0 Å². The summed E-state index contributed by atoms with van der Waals surface area (Å²) in [5, 5.41) is 5.01. The fourth-order valence-electron chi connectivity index (χ4n) is 1.92. The van der Waals surface area contributed by atoms with Crippen LogP contribution in [0, 0.1) is 0 Å². The van der Waals surface area contributed by atoms with E-state index in [4.69, 9.17) is 4.74 Å². The Hall–Kier alpha value is -2.36. The lowest BCUT2D eigenvalue weighted by atomic mass is 10.1. The van der Waals surface area contributed by atoms with Crippen molar-refractivity contribution in [2.24, 2.45) is 4.99 Å². The summed E-state index contributed by atoms with van der Waals surface area (Å²) < 4.78 is 5.11. The van der Waals surface area contributed by atoms with E-state index in [0.29, 0.717) is 13.2 Å². The fourth-order valence-corrected chi connectivity index (χ4v) is 1.92. The molecule has 1 aliphatic heterocycles. The highest BCUT2D eigenvalue weighted by molar-refractivity contribution is 6.40. The minimum Gasteiger partial charge on any atom is -0.472 e. The summed E-state index contributed by atoms with van der Waals surface area (Å²) in [5.41, 5.74) is 0.747. The summed E-state index contributed by atoms with van der Waals surface area (Å²) in [6, 6.07) is 13.8. The van der Waals surface area contributed by atoms with Crippen LogP contribution in [0.25, 0.3) is 10.8 Å². The normalized spacial score (nSPS) is 14.1. The second-order valence-corrected chi connectivity index (χ2v) is 4.05. The lowest BCUT2D eigenvalue weighted by molar-refractivity contribution is -0.111. The molecule has 2 aromatic carbocycles. The minimum atomic E-state index is -0.289. The van der Waals surface area contributed by atoms with E-state index in [9.17, 15) is 4.79 Å². The van der Waals surface area contributed by atoms with E-state index in [0.717, 1.165) is 16.5 Å². The molecular formula is C14H12N2O2. The molecule has 0 atom stereocenters. The zero-order chi connectivity index (χ0) is 12.4. The Balaban J connectivity index is 1.84. The number of hydrogen-bond donors (Lipinski definition) is 1. The third kappa shape index (κ3) is 2.05. The first-order valence-electron chi connectivity index (χ1n) is 5.80. The SMILES string of the molecule is O=C(Nc1ccc2ccccc2c1)C1=NCCO1. The largest absolute Gasteiger partial charge is 0.472 e. The van der Waals surface area contributed by atoms with E-state index >= 15 is 0 Å². The molecule has 1 amide bonds. The average molecular weight is 240 g/mol. The maximum atomic E-state index is 11.8. The molecule has 0 aliphatic carbocycles. The van der Waals surface area contributed by atoms with Gasteiger partial charge in [-0.2, -0.15) is 0 Å². The Labute approximate surface area is 104 Å². The Morgan fingerprint density at radius 3 is 2.78 bits per heavy atom. The molecule has 0 saturated heterocycles. The molecule has 0 spiro atoms. The van der Waals surface area contributed by atoms with Crippen molar-refractivity contribution in [1.29, 1.82) is 0 Å². The maximum Gasteiger partial charge on any atom is 0.310 e. The van der Waals surface area contributed by atoms with Crippen molar-refractivity contribution < 1.29 is 9.53 Å². The number of benzene rings is 2. The van der Waals surface area contributed by atoms with Crippen LogP contribution in [0.1, 0.15) is 0 Å². The molecule has 4 heteroatoms. The van der Waals surface area contributed by atoms with Crippen molar-refractivity contribution in [2.45, 2.75) is 0 Å². The van der Waals surface area contributed by atoms with E-state index in [1.54, 1.807) is 0 Å². The summed E-state index contributed by atoms with van der Waals surface area (Å²) in [4.78, 5) is 15.8. The Kier molecular flexibility index (Phi) is 2.68. The second kappa shape index (κ2) is 4.49. The van der Waals surface area contributed by atoms with Crippen LogP contribution < -0.4 is 5.32 Å². The molecule has 18 heavy (non-hydrogen) atoms. The Morgan fingerprint density at radius 2 is 2.00 bits per heavy atom. The first-order valence-corrected chi connectivity index (χ1v) is 5.80. The van der Waals surface area contributed by atoms with Crippen LogP contribution in [0.5, 0.6) is 0 Å². The van der Waals surface area contributed by atoms with Crippen molar-refractivity contribution in [3.63, 3.8) is 0 Å². The number of nitrogens with zero attached hydrogens (tertiary/aromatic N) is 1. The van der Waals surface area contributed by atoms with E-state index < -0.39 is 0 Å². The monoisotopic (exact) mass is 240 g/mol. The third-order valence-electron chi connectivity index (χ3n) is 2.79. The molecular weight excluding hydrogens is 228 g/mol. The Bertz CT molecular complexity index is 634. The Morgan fingerprint density at radius 1 is 1.17 bits per heavy atom. The number of ether oxygens (including phenoxy) is 1. The molecule has 1 aliphatic rings. The number of rotatable bonds is 2. The zero-order valence-corrected chi connectivity index (χ0v) is 9.72. The smallest absolute Gasteiger partial charge is 0.310 e. The van der Waals surface area contributed by atoms with Crippen LogP contribution in [-0.4, -0.2) is 25.0 Å². The predicted molar refractivity (Wildman–Crippen MR) is 70.8 cm³/mol. The molecule has 3 rings (SSSR count). The van der Waals surface area contributed by atoms with Gasteiger partial charge in [0.15, 0.2) is 0 Å². The standard InChI is InChI=1S/C14H12N2O2/c17-13(14-15-7-8-18-14)16-12-6-5-10-3-1-2-4-11(10)9-12/h1-6,9H,7-8H2,(H,16,17). The maximum absolute atomic E-state index is 11.8. The van der Waals surface area contributed by atoms with Gasteiger partial charge in [0.1, 0.15) is 6.61 Å². The van der Waals surface area contributed by atoms with Gasteiger partial charge < -0.3 is 10.1 Å². The number of nitrogens with one attached hydrogen (secondary N) is 1. The topological polar surface area (TPSA) is 50.7 Å². The highest BCUT2D eigenvalue weighted by atomic mass is 16.5. The van der Waals surface area contributed by atoms with Crippen LogP contribution in [0.3, 0.4) is 0 Å². The van der Waals surface area contributed by atoms with Gasteiger partial charge in [-0.3, -0.25) is 4.79 Å². The van der Waals surface area contributed by atoms with Gasteiger partial charge in [-0.05, 0) is 22.9 Å². The van der Waals surface area contributed by atoms with Crippen molar-refractivity contribution in [1.82, 2.24) is 0 Å². The molecule has 0 fully saturated rings. The summed E-state index contributed by atoms with van der Waals surface area (Å²) in [5.74, 6) is -0.120. The number of hydrogen-bond acceptors (Lipinski definition) is 3. The van der Waals surface area contributed by atoms with Crippen molar-refractivity contribution in [2.75, 3.05) is 18.5 Å². The summed E-state index contributed by atoms with van der Waals surface area (Å²) >= 11 is 0. The predicted octanol–water partition coefficient (Wildman–Crippen LogP) is 2.21. The van der Waals surface area contributed by atoms with E-state index in [-0.39, 0.29) is 11.8 Å².